The second kappa shape index (κ2) is 9.02. The van der Waals surface area contributed by atoms with Crippen LogP contribution >= 0.6 is 11.8 Å². The van der Waals surface area contributed by atoms with Crippen molar-refractivity contribution >= 4 is 23.6 Å². The molecule has 2 aliphatic rings. The van der Waals surface area contributed by atoms with E-state index in [1.807, 2.05) is 12.1 Å². The Bertz CT molecular complexity index is 840. The maximum atomic E-state index is 12.5. The molecule has 156 valence electrons. The maximum absolute atomic E-state index is 12.5. The van der Waals surface area contributed by atoms with Crippen molar-refractivity contribution in [2.24, 2.45) is 0 Å². The number of hydrogen-bond acceptors (Lipinski definition) is 6. The predicted molar refractivity (Wildman–Crippen MR) is 109 cm³/mol. The van der Waals surface area contributed by atoms with E-state index < -0.39 is 0 Å². The van der Waals surface area contributed by atoms with E-state index in [0.717, 1.165) is 30.8 Å². The Kier molecular flexibility index (Phi) is 6.22. The molecule has 2 amide bonds. The van der Waals surface area contributed by atoms with Gasteiger partial charge in [0.2, 0.25) is 17.6 Å². The van der Waals surface area contributed by atoms with Crippen molar-refractivity contribution in [3.63, 3.8) is 0 Å². The van der Waals surface area contributed by atoms with Gasteiger partial charge in [-0.1, -0.05) is 31.0 Å². The van der Waals surface area contributed by atoms with E-state index in [0.29, 0.717) is 23.7 Å². The first kappa shape index (κ1) is 20.0. The number of furan rings is 1. The first-order valence-corrected chi connectivity index (χ1v) is 11.3. The van der Waals surface area contributed by atoms with Gasteiger partial charge in [0.1, 0.15) is 0 Å². The van der Waals surface area contributed by atoms with Crippen molar-refractivity contribution in [1.29, 1.82) is 0 Å². The largest absolute Gasteiger partial charge is 0.461 e. The Morgan fingerprint density at radius 3 is 2.72 bits per heavy atom. The summed E-state index contributed by atoms with van der Waals surface area (Å²) in [6, 6.07) is 4.34. The zero-order valence-corrected chi connectivity index (χ0v) is 17.5. The normalized spacial score (nSPS) is 17.3. The molecule has 0 bridgehead atoms. The number of carbonyl (C=O) groups excluding carboxylic acids is 2. The first-order chi connectivity index (χ1) is 14.1. The van der Waals surface area contributed by atoms with Crippen molar-refractivity contribution in [2.45, 2.75) is 62.2 Å². The molecule has 2 aromatic rings. The van der Waals surface area contributed by atoms with E-state index in [4.69, 9.17) is 4.42 Å². The topological polar surface area (TPSA) is 93.3 Å². The van der Waals surface area contributed by atoms with Crippen LogP contribution in [0.15, 0.2) is 28.0 Å². The van der Waals surface area contributed by atoms with Crippen LogP contribution in [0.5, 0.6) is 0 Å². The molecule has 0 unspecified atom stereocenters. The highest BCUT2D eigenvalue weighted by molar-refractivity contribution is 7.99. The summed E-state index contributed by atoms with van der Waals surface area (Å²) < 4.78 is 7.69. The van der Waals surface area contributed by atoms with Gasteiger partial charge in [-0.05, 0) is 37.8 Å². The molecule has 9 heteroatoms. The summed E-state index contributed by atoms with van der Waals surface area (Å²) in [4.78, 5) is 25.9. The van der Waals surface area contributed by atoms with E-state index >= 15 is 0 Å². The fourth-order valence-corrected chi connectivity index (χ4v) is 4.60. The molecule has 2 fully saturated rings. The lowest BCUT2D eigenvalue weighted by atomic mass is 9.95. The lowest BCUT2D eigenvalue weighted by Crippen LogP contribution is -2.39. The average Bonchev–Trinajstić information content (AvgIpc) is 3.20. The highest BCUT2D eigenvalue weighted by Crippen LogP contribution is 2.35. The van der Waals surface area contributed by atoms with Gasteiger partial charge in [-0.3, -0.25) is 14.2 Å². The fourth-order valence-electron chi connectivity index (χ4n) is 3.66. The Balaban J connectivity index is 1.42. The molecular weight excluding hydrogens is 390 g/mol. The molecule has 0 atom stereocenters. The zero-order chi connectivity index (χ0) is 20.2. The van der Waals surface area contributed by atoms with Crippen molar-refractivity contribution in [2.75, 3.05) is 19.3 Å². The SMILES string of the molecule is CN(CC(=O)NC1CC1)C(=O)CSc1nnc(-c2ccco2)n1C1CCCCC1. The molecule has 2 aromatic heterocycles. The number of nitrogens with zero attached hydrogens (tertiary/aromatic N) is 4. The third-order valence-corrected chi connectivity index (χ3v) is 6.35. The van der Waals surface area contributed by atoms with Crippen LogP contribution < -0.4 is 5.32 Å². The summed E-state index contributed by atoms with van der Waals surface area (Å²) >= 11 is 1.37. The van der Waals surface area contributed by atoms with Gasteiger partial charge in [0.25, 0.3) is 0 Å². The quantitative estimate of drug-likeness (QED) is 0.664. The number of thioether (sulfide) groups is 1. The molecule has 4 rings (SSSR count). The van der Waals surface area contributed by atoms with Crippen LogP contribution in [-0.2, 0) is 9.59 Å². The Hall–Kier alpha value is -2.29. The van der Waals surface area contributed by atoms with E-state index in [1.54, 1.807) is 13.3 Å². The summed E-state index contributed by atoms with van der Waals surface area (Å²) in [6.45, 7) is 0.0862. The van der Waals surface area contributed by atoms with Gasteiger partial charge in [0.05, 0.1) is 18.6 Å². The highest BCUT2D eigenvalue weighted by atomic mass is 32.2. The van der Waals surface area contributed by atoms with Crippen molar-refractivity contribution in [3.8, 4) is 11.6 Å². The molecule has 29 heavy (non-hydrogen) atoms. The summed E-state index contributed by atoms with van der Waals surface area (Å²) in [5, 5.41) is 12.3. The van der Waals surface area contributed by atoms with Crippen molar-refractivity contribution < 1.29 is 14.0 Å². The summed E-state index contributed by atoms with van der Waals surface area (Å²) in [6.07, 6.45) is 9.48. The number of amides is 2. The van der Waals surface area contributed by atoms with Crippen LogP contribution in [0, 0.1) is 0 Å². The van der Waals surface area contributed by atoms with Crippen molar-refractivity contribution in [1.82, 2.24) is 25.0 Å². The molecule has 0 spiro atoms. The summed E-state index contributed by atoms with van der Waals surface area (Å²) in [7, 11) is 1.66. The highest BCUT2D eigenvalue weighted by Gasteiger charge is 2.27. The minimum absolute atomic E-state index is 0.0862. The van der Waals surface area contributed by atoms with Gasteiger partial charge in [-0.2, -0.15) is 0 Å². The van der Waals surface area contributed by atoms with Crippen LogP contribution in [0.2, 0.25) is 0 Å². The molecule has 1 N–H and O–H groups in total. The number of likely N-dealkylation sites (N-methyl/N-ethyl adjacent to an activating group) is 1. The van der Waals surface area contributed by atoms with Crippen LogP contribution in [0.3, 0.4) is 0 Å². The minimum atomic E-state index is -0.0984. The molecule has 0 saturated heterocycles. The van der Waals surface area contributed by atoms with Gasteiger partial charge in [-0.15, -0.1) is 10.2 Å². The monoisotopic (exact) mass is 417 g/mol. The van der Waals surface area contributed by atoms with E-state index in [-0.39, 0.29) is 24.1 Å². The number of nitrogens with one attached hydrogen (secondary N) is 1. The van der Waals surface area contributed by atoms with Crippen LogP contribution in [-0.4, -0.2) is 56.9 Å². The van der Waals surface area contributed by atoms with Crippen LogP contribution in [0.4, 0.5) is 0 Å². The molecule has 2 saturated carbocycles. The Morgan fingerprint density at radius 2 is 2.03 bits per heavy atom. The van der Waals surface area contributed by atoms with Crippen LogP contribution in [0.1, 0.15) is 51.0 Å². The van der Waals surface area contributed by atoms with E-state index in [9.17, 15) is 9.59 Å². The van der Waals surface area contributed by atoms with Gasteiger partial charge < -0.3 is 14.6 Å². The lowest BCUT2D eigenvalue weighted by molar-refractivity contribution is -0.132. The standard InChI is InChI=1S/C20H27N5O3S/c1-24(12-17(26)21-14-9-10-14)18(27)13-29-20-23-22-19(16-8-5-11-28-16)25(20)15-6-3-2-4-7-15/h5,8,11,14-15H,2-4,6-7,9-10,12-13H2,1H3,(H,21,26). The predicted octanol–water partition coefficient (Wildman–Crippen LogP) is 2.87. The second-order valence-corrected chi connectivity index (χ2v) is 8.77. The van der Waals surface area contributed by atoms with Gasteiger partial charge in [0.15, 0.2) is 10.9 Å². The molecular formula is C20H27N5O3S. The number of aromatic nitrogens is 3. The molecule has 8 nitrogen and oxygen atoms in total. The first-order valence-electron chi connectivity index (χ1n) is 10.3. The molecule has 2 aliphatic carbocycles. The molecule has 0 aromatic carbocycles. The Labute approximate surface area is 174 Å². The van der Waals surface area contributed by atoms with E-state index in [1.165, 1.54) is 35.9 Å². The zero-order valence-electron chi connectivity index (χ0n) is 16.7. The molecule has 0 aliphatic heterocycles. The fraction of sp³-hybridized carbons (Fsp3) is 0.600. The number of carbonyl (C=O) groups is 2. The minimum Gasteiger partial charge on any atom is -0.461 e. The second-order valence-electron chi connectivity index (χ2n) is 7.83. The third-order valence-electron chi connectivity index (χ3n) is 5.42. The van der Waals surface area contributed by atoms with Gasteiger partial charge >= 0.3 is 0 Å². The summed E-state index contributed by atoms with van der Waals surface area (Å²) in [5.41, 5.74) is 0. The molecule has 2 heterocycles. The molecule has 0 radical (unpaired) electrons. The average molecular weight is 418 g/mol. The number of rotatable bonds is 8. The van der Waals surface area contributed by atoms with Gasteiger partial charge in [-0.25, -0.2) is 0 Å². The van der Waals surface area contributed by atoms with E-state index in [2.05, 4.69) is 20.1 Å². The van der Waals surface area contributed by atoms with Crippen LogP contribution in [0.25, 0.3) is 11.6 Å². The third kappa shape index (κ3) is 5.01. The summed E-state index contributed by atoms with van der Waals surface area (Å²) in [5.74, 6) is 1.43. The lowest BCUT2D eigenvalue weighted by Gasteiger charge is -2.25. The van der Waals surface area contributed by atoms with Gasteiger partial charge in [0, 0.05) is 19.1 Å². The maximum Gasteiger partial charge on any atom is 0.239 e. The van der Waals surface area contributed by atoms with Crippen molar-refractivity contribution in [3.05, 3.63) is 18.4 Å². The Morgan fingerprint density at radius 1 is 1.24 bits per heavy atom. The smallest absolute Gasteiger partial charge is 0.239 e. The number of hydrogen-bond donors (Lipinski definition) is 1.